The van der Waals surface area contributed by atoms with Crippen molar-refractivity contribution in [3.05, 3.63) is 0 Å². The van der Waals surface area contributed by atoms with Crippen molar-refractivity contribution in [1.29, 1.82) is 0 Å². The van der Waals surface area contributed by atoms with Crippen LogP contribution in [0.1, 0.15) is 20.3 Å². The van der Waals surface area contributed by atoms with E-state index >= 15 is 0 Å². The first-order valence-corrected chi connectivity index (χ1v) is 9.39. The van der Waals surface area contributed by atoms with Crippen LogP contribution in [-0.2, 0) is 32.7 Å². The minimum atomic E-state index is -3.53. The Hall–Kier alpha value is -0.990. The van der Waals surface area contributed by atoms with Crippen LogP contribution in [0.15, 0.2) is 0 Å². The van der Waals surface area contributed by atoms with Crippen LogP contribution >= 0.6 is 7.75 Å². The Morgan fingerprint density at radius 1 is 1.33 bits per heavy atom. The minimum Gasteiger partial charge on any atom is -0.469 e. The number of carbonyl (C=O) groups excluding carboxylic acids is 2. The third kappa shape index (κ3) is 4.55. The van der Waals surface area contributed by atoms with Crippen LogP contribution in [0.5, 0.6) is 0 Å². The number of rotatable bonds is 5. The number of carbonyl (C=O) groups is 2. The third-order valence-electron chi connectivity index (χ3n) is 3.98. The highest BCUT2D eigenvalue weighted by Crippen LogP contribution is 2.58. The maximum absolute atomic E-state index is 13.0. The summed E-state index contributed by atoms with van der Waals surface area (Å²) in [7, 11) is -2.25. The molecule has 138 valence electrons. The monoisotopic (exact) mass is 364 g/mol. The van der Waals surface area contributed by atoms with Crippen molar-refractivity contribution in [2.45, 2.75) is 26.4 Å². The maximum Gasteiger partial charge on any atom is 0.409 e. The summed E-state index contributed by atoms with van der Waals surface area (Å²) in [5.74, 6) is -0.831. The Bertz CT molecular complexity index is 519. The fourth-order valence-corrected chi connectivity index (χ4v) is 4.62. The van der Waals surface area contributed by atoms with E-state index in [1.54, 1.807) is 18.5 Å². The molecule has 1 amide bonds. The first kappa shape index (κ1) is 19.3. The molecule has 0 bridgehead atoms. The van der Waals surface area contributed by atoms with Crippen LogP contribution in [0.4, 0.5) is 0 Å². The Balaban J connectivity index is 2.01. The molecule has 2 saturated heterocycles. The lowest BCUT2D eigenvalue weighted by Crippen LogP contribution is -2.51. The average Bonchev–Trinajstić information content (AvgIpc) is 2.57. The molecule has 0 saturated carbocycles. The predicted octanol–water partition coefficient (Wildman–Crippen LogP) is 0.548. The van der Waals surface area contributed by atoms with Gasteiger partial charge >= 0.3 is 13.7 Å². The Morgan fingerprint density at radius 2 is 2.00 bits per heavy atom. The Morgan fingerprint density at radius 3 is 2.62 bits per heavy atom. The largest absolute Gasteiger partial charge is 0.469 e. The molecular formula is C14H25N2O7P. The second-order valence-corrected chi connectivity index (χ2v) is 8.37. The number of nitrogens with zero attached hydrogens (tertiary/aromatic N) is 1. The molecule has 0 radical (unpaired) electrons. The van der Waals surface area contributed by atoms with Crippen LogP contribution < -0.4 is 5.32 Å². The number of methoxy groups -OCH3 is 1. The molecule has 2 rings (SSSR count). The lowest BCUT2D eigenvalue weighted by Gasteiger charge is -2.43. The van der Waals surface area contributed by atoms with Gasteiger partial charge in [0.25, 0.3) is 0 Å². The molecule has 2 aliphatic heterocycles. The number of hydrogen-bond acceptors (Lipinski definition) is 7. The molecule has 1 N–H and O–H groups in total. The van der Waals surface area contributed by atoms with Gasteiger partial charge in [0.15, 0.2) is 6.10 Å². The van der Waals surface area contributed by atoms with Gasteiger partial charge in [-0.15, -0.1) is 0 Å². The average molecular weight is 364 g/mol. The highest BCUT2D eigenvalue weighted by atomic mass is 31.2. The van der Waals surface area contributed by atoms with Gasteiger partial charge in [0.2, 0.25) is 5.91 Å². The molecule has 2 fully saturated rings. The zero-order valence-electron chi connectivity index (χ0n) is 14.3. The summed E-state index contributed by atoms with van der Waals surface area (Å²) in [6.45, 7) is 5.61. The maximum atomic E-state index is 13.0. The first-order chi connectivity index (χ1) is 11.3. The zero-order chi connectivity index (χ0) is 17.8. The summed E-state index contributed by atoms with van der Waals surface area (Å²) in [5.41, 5.74) is -0.643. The lowest BCUT2D eigenvalue weighted by molar-refractivity contribution is -0.142. The van der Waals surface area contributed by atoms with Gasteiger partial charge in [-0.2, -0.15) is 0 Å². The third-order valence-corrected chi connectivity index (χ3v) is 6.00. The molecule has 0 aromatic carbocycles. The van der Waals surface area contributed by atoms with Crippen molar-refractivity contribution >= 4 is 19.6 Å². The molecule has 0 spiro atoms. The zero-order valence-corrected chi connectivity index (χ0v) is 15.2. The summed E-state index contributed by atoms with van der Waals surface area (Å²) in [5, 5.41) is 2.63. The normalized spacial score (nSPS) is 30.5. The van der Waals surface area contributed by atoms with Gasteiger partial charge in [-0.05, 0) is 0 Å². The van der Waals surface area contributed by atoms with Gasteiger partial charge in [-0.25, -0.2) is 9.24 Å². The molecule has 2 heterocycles. The molecule has 24 heavy (non-hydrogen) atoms. The fourth-order valence-electron chi connectivity index (χ4n) is 2.46. The van der Waals surface area contributed by atoms with E-state index in [4.69, 9.17) is 13.8 Å². The van der Waals surface area contributed by atoms with Crippen LogP contribution in [0, 0.1) is 5.41 Å². The van der Waals surface area contributed by atoms with Gasteiger partial charge in [0, 0.05) is 25.0 Å². The quantitative estimate of drug-likeness (QED) is 0.557. The number of amides is 1. The summed E-state index contributed by atoms with van der Waals surface area (Å²) in [4.78, 5) is 23.6. The van der Waals surface area contributed by atoms with E-state index in [1.165, 1.54) is 7.11 Å². The van der Waals surface area contributed by atoms with Crippen molar-refractivity contribution in [2.75, 3.05) is 46.6 Å². The van der Waals surface area contributed by atoms with E-state index in [-0.39, 0.29) is 19.6 Å². The molecule has 10 heteroatoms. The molecule has 9 nitrogen and oxygen atoms in total. The summed E-state index contributed by atoms with van der Waals surface area (Å²) in [6, 6.07) is 0. The van der Waals surface area contributed by atoms with Crippen molar-refractivity contribution in [3.63, 3.8) is 0 Å². The molecular weight excluding hydrogens is 339 g/mol. The van der Waals surface area contributed by atoms with Crippen LogP contribution in [0.3, 0.4) is 0 Å². The molecule has 0 aromatic rings. The van der Waals surface area contributed by atoms with Crippen LogP contribution in [0.2, 0.25) is 0 Å². The number of nitrogens with one attached hydrogen (secondary N) is 1. The van der Waals surface area contributed by atoms with Gasteiger partial charge in [0.05, 0.1) is 33.4 Å². The highest BCUT2D eigenvalue weighted by Gasteiger charge is 2.50. The molecule has 0 aliphatic carbocycles. The van der Waals surface area contributed by atoms with Crippen molar-refractivity contribution in [2.24, 2.45) is 5.41 Å². The molecule has 2 atom stereocenters. The van der Waals surface area contributed by atoms with E-state index < -0.39 is 31.1 Å². The van der Waals surface area contributed by atoms with E-state index in [9.17, 15) is 14.2 Å². The molecule has 0 unspecified atom stereocenters. The number of ether oxygens (including phenoxy) is 2. The summed E-state index contributed by atoms with van der Waals surface area (Å²) >= 11 is 0. The van der Waals surface area contributed by atoms with Crippen molar-refractivity contribution in [1.82, 2.24) is 9.99 Å². The smallest absolute Gasteiger partial charge is 0.409 e. The lowest BCUT2D eigenvalue weighted by atomic mass is 9.87. The van der Waals surface area contributed by atoms with Crippen LogP contribution in [0.25, 0.3) is 0 Å². The number of morpholine rings is 1. The topological polar surface area (TPSA) is 103 Å². The SMILES string of the molecule is COC(=O)CCNC(=O)[C@@H]1O[P@](=O)(N2CCOCC2)OCC1(C)C. The second-order valence-electron chi connectivity index (χ2n) is 6.40. The van der Waals surface area contributed by atoms with Gasteiger partial charge in [-0.1, -0.05) is 13.8 Å². The summed E-state index contributed by atoms with van der Waals surface area (Å²) in [6.07, 6.45) is -0.870. The van der Waals surface area contributed by atoms with Gasteiger partial charge < -0.3 is 14.8 Å². The van der Waals surface area contributed by atoms with E-state index in [0.29, 0.717) is 26.3 Å². The van der Waals surface area contributed by atoms with Gasteiger partial charge in [-0.3, -0.25) is 18.6 Å². The first-order valence-electron chi connectivity index (χ1n) is 7.89. The van der Waals surface area contributed by atoms with Crippen LogP contribution in [-0.4, -0.2) is 69.2 Å². The van der Waals surface area contributed by atoms with E-state index in [0.717, 1.165) is 0 Å². The van der Waals surface area contributed by atoms with Crippen molar-refractivity contribution < 1.29 is 32.7 Å². The highest BCUT2D eigenvalue weighted by molar-refractivity contribution is 7.51. The van der Waals surface area contributed by atoms with E-state index in [1.807, 2.05) is 0 Å². The van der Waals surface area contributed by atoms with E-state index in [2.05, 4.69) is 10.1 Å². The number of hydrogen-bond donors (Lipinski definition) is 1. The minimum absolute atomic E-state index is 0.0625. The summed E-state index contributed by atoms with van der Waals surface area (Å²) < 4.78 is 35.5. The number of esters is 1. The van der Waals surface area contributed by atoms with Gasteiger partial charge in [0.1, 0.15) is 0 Å². The standard InChI is InChI=1S/C14H25N2O7P/c1-14(2)10-22-24(19,16-6-8-21-9-7-16)23-12(14)13(18)15-5-4-11(17)20-3/h12H,4-10H2,1-3H3,(H,15,18)/t12-,24-/m0/s1. The van der Waals surface area contributed by atoms with Crippen molar-refractivity contribution in [3.8, 4) is 0 Å². The Kier molecular flexibility index (Phi) is 6.39. The second kappa shape index (κ2) is 7.93. The predicted molar refractivity (Wildman–Crippen MR) is 84.2 cm³/mol. The fraction of sp³-hybridized carbons (Fsp3) is 0.857. The Labute approximate surface area is 141 Å². The molecule has 0 aromatic heterocycles. The molecule has 2 aliphatic rings.